The number of amides is 2. The van der Waals surface area contributed by atoms with Gasteiger partial charge in [-0.05, 0) is 37.1 Å². The maximum absolute atomic E-state index is 12.9. The predicted molar refractivity (Wildman–Crippen MR) is 91.2 cm³/mol. The summed E-state index contributed by atoms with van der Waals surface area (Å²) in [5.41, 5.74) is 0.443. The number of likely N-dealkylation sites (tertiary alicyclic amines) is 1. The second kappa shape index (κ2) is 9.14. The Labute approximate surface area is 147 Å². The molecule has 0 spiro atoms. The van der Waals surface area contributed by atoms with Crippen molar-refractivity contribution < 1.29 is 14.0 Å². The zero-order valence-corrected chi connectivity index (χ0v) is 14.4. The smallest absolute Gasteiger partial charge is 0.251 e. The molecule has 1 heterocycles. The van der Waals surface area contributed by atoms with Crippen molar-refractivity contribution in [3.63, 3.8) is 0 Å². The zero-order valence-electron chi connectivity index (χ0n) is 14.4. The fourth-order valence-corrected chi connectivity index (χ4v) is 2.76. The van der Waals surface area contributed by atoms with Crippen molar-refractivity contribution in [2.24, 2.45) is 0 Å². The number of benzene rings is 1. The van der Waals surface area contributed by atoms with Crippen molar-refractivity contribution in [3.05, 3.63) is 35.6 Å². The highest BCUT2D eigenvalue weighted by Crippen LogP contribution is 2.12. The van der Waals surface area contributed by atoms with Gasteiger partial charge in [0.1, 0.15) is 5.82 Å². The lowest BCUT2D eigenvalue weighted by Gasteiger charge is -2.32. The molecule has 2 rings (SSSR count). The Morgan fingerprint density at radius 3 is 2.56 bits per heavy atom. The van der Waals surface area contributed by atoms with E-state index in [2.05, 4.69) is 10.2 Å². The van der Waals surface area contributed by atoms with E-state index in [1.54, 1.807) is 11.9 Å². The van der Waals surface area contributed by atoms with Crippen LogP contribution < -0.4 is 5.32 Å². The molecular formula is C18H23FN4O2. The van der Waals surface area contributed by atoms with Crippen LogP contribution in [0.4, 0.5) is 4.39 Å². The third kappa shape index (κ3) is 5.84. The van der Waals surface area contributed by atoms with E-state index >= 15 is 0 Å². The van der Waals surface area contributed by atoms with Gasteiger partial charge in [-0.1, -0.05) is 0 Å². The van der Waals surface area contributed by atoms with Crippen LogP contribution in [0, 0.1) is 17.1 Å². The Morgan fingerprint density at radius 2 is 1.96 bits per heavy atom. The van der Waals surface area contributed by atoms with Gasteiger partial charge in [-0.3, -0.25) is 14.5 Å². The second-order valence-electron chi connectivity index (χ2n) is 6.25. The van der Waals surface area contributed by atoms with Crippen LogP contribution in [0.25, 0.3) is 0 Å². The average molecular weight is 346 g/mol. The molecular weight excluding hydrogens is 323 g/mol. The van der Waals surface area contributed by atoms with E-state index in [1.165, 1.54) is 24.3 Å². The summed E-state index contributed by atoms with van der Waals surface area (Å²) in [6, 6.07) is 7.56. The number of carbonyl (C=O) groups excluding carboxylic acids is 2. The highest BCUT2D eigenvalue weighted by atomic mass is 19.1. The molecule has 25 heavy (non-hydrogen) atoms. The van der Waals surface area contributed by atoms with Gasteiger partial charge in [-0.2, -0.15) is 5.26 Å². The van der Waals surface area contributed by atoms with Gasteiger partial charge in [0.25, 0.3) is 5.91 Å². The van der Waals surface area contributed by atoms with Gasteiger partial charge in [0.2, 0.25) is 5.91 Å². The summed E-state index contributed by atoms with van der Waals surface area (Å²) in [7, 11) is 1.70. The first-order valence-corrected chi connectivity index (χ1v) is 8.39. The number of carbonyl (C=O) groups is 2. The summed E-state index contributed by atoms with van der Waals surface area (Å²) < 4.78 is 12.9. The number of hydrogen-bond acceptors (Lipinski definition) is 4. The predicted octanol–water partition coefficient (Wildman–Crippen LogP) is 1.39. The minimum absolute atomic E-state index is 0.00375. The largest absolute Gasteiger partial charge is 0.349 e. The molecule has 1 aromatic rings. The number of halogens is 1. The first-order chi connectivity index (χ1) is 12.0. The number of hydrogen-bond donors (Lipinski definition) is 1. The molecule has 1 aliphatic rings. The molecule has 1 N–H and O–H groups in total. The third-order valence-electron chi connectivity index (χ3n) is 4.37. The molecule has 7 heteroatoms. The number of likely N-dealkylation sites (N-methyl/N-ethyl adjacent to an activating group) is 1. The van der Waals surface area contributed by atoms with Gasteiger partial charge in [-0.15, -0.1) is 0 Å². The van der Waals surface area contributed by atoms with E-state index in [4.69, 9.17) is 5.26 Å². The maximum atomic E-state index is 12.9. The van der Waals surface area contributed by atoms with Gasteiger partial charge in [0, 0.05) is 38.3 Å². The first kappa shape index (κ1) is 18.9. The topological polar surface area (TPSA) is 76.4 Å². The molecule has 1 saturated heterocycles. The number of rotatable bonds is 6. The number of nitrogens with zero attached hydrogens (tertiary/aromatic N) is 3. The van der Waals surface area contributed by atoms with Gasteiger partial charge in [0.15, 0.2) is 0 Å². The van der Waals surface area contributed by atoms with Crippen LogP contribution in [0.15, 0.2) is 24.3 Å². The number of nitriles is 1. The van der Waals surface area contributed by atoms with Crippen LogP contribution in [0.3, 0.4) is 0 Å². The van der Waals surface area contributed by atoms with Crippen molar-refractivity contribution in [2.75, 3.05) is 33.2 Å². The molecule has 6 nitrogen and oxygen atoms in total. The fourth-order valence-electron chi connectivity index (χ4n) is 2.76. The van der Waals surface area contributed by atoms with Crippen LogP contribution in [0.1, 0.15) is 29.6 Å². The molecule has 2 amide bonds. The number of piperidine rings is 1. The molecule has 1 fully saturated rings. The van der Waals surface area contributed by atoms with Gasteiger partial charge >= 0.3 is 0 Å². The molecule has 0 bridgehead atoms. The summed E-state index contributed by atoms with van der Waals surface area (Å²) >= 11 is 0. The highest BCUT2D eigenvalue weighted by molar-refractivity contribution is 5.94. The Bertz CT molecular complexity index is 633. The van der Waals surface area contributed by atoms with Crippen molar-refractivity contribution in [1.82, 2.24) is 15.1 Å². The Kier molecular flexibility index (Phi) is 6.90. The summed E-state index contributed by atoms with van der Waals surface area (Å²) in [6.07, 6.45) is 1.87. The number of nitrogens with one attached hydrogen (secondary N) is 1. The lowest BCUT2D eigenvalue weighted by molar-refractivity contribution is -0.131. The fraction of sp³-hybridized carbons (Fsp3) is 0.500. The van der Waals surface area contributed by atoms with Crippen LogP contribution in [0.2, 0.25) is 0 Å². The Hall–Kier alpha value is -2.46. The van der Waals surface area contributed by atoms with Gasteiger partial charge in [0.05, 0.1) is 19.0 Å². The van der Waals surface area contributed by atoms with Crippen LogP contribution in [0.5, 0.6) is 0 Å². The van der Waals surface area contributed by atoms with E-state index in [9.17, 15) is 14.0 Å². The summed E-state index contributed by atoms with van der Waals surface area (Å²) in [5, 5.41) is 11.5. The minimum atomic E-state index is -0.366. The molecule has 1 aliphatic heterocycles. The van der Waals surface area contributed by atoms with Crippen molar-refractivity contribution in [2.45, 2.75) is 25.3 Å². The summed E-state index contributed by atoms with van der Waals surface area (Å²) in [4.78, 5) is 27.8. The quantitative estimate of drug-likeness (QED) is 0.845. The third-order valence-corrected chi connectivity index (χ3v) is 4.37. The van der Waals surface area contributed by atoms with E-state index in [0.29, 0.717) is 25.1 Å². The molecule has 134 valence electrons. The standard InChI is InChI=1S/C18H23FN4O2/c1-22(10-2-9-20)17(24)13-23-11-7-16(8-12-23)21-18(25)14-3-5-15(19)6-4-14/h3-6,16H,2,7-8,10-13H2,1H3,(H,21,25). The second-order valence-corrected chi connectivity index (χ2v) is 6.25. The van der Waals surface area contributed by atoms with E-state index in [1.807, 2.05) is 6.07 Å². The van der Waals surface area contributed by atoms with E-state index in [0.717, 1.165) is 25.9 Å². The van der Waals surface area contributed by atoms with Crippen molar-refractivity contribution in [1.29, 1.82) is 5.26 Å². The molecule has 0 aliphatic carbocycles. The monoisotopic (exact) mass is 346 g/mol. The molecule has 1 aromatic carbocycles. The highest BCUT2D eigenvalue weighted by Gasteiger charge is 2.23. The van der Waals surface area contributed by atoms with Crippen LogP contribution in [-0.4, -0.2) is 60.9 Å². The molecule has 0 atom stereocenters. The van der Waals surface area contributed by atoms with Crippen molar-refractivity contribution >= 4 is 11.8 Å². The minimum Gasteiger partial charge on any atom is -0.349 e. The van der Waals surface area contributed by atoms with Crippen molar-refractivity contribution in [3.8, 4) is 6.07 Å². The van der Waals surface area contributed by atoms with Gasteiger partial charge in [-0.25, -0.2) is 4.39 Å². The zero-order chi connectivity index (χ0) is 18.2. The Balaban J connectivity index is 1.74. The normalized spacial score (nSPS) is 15.4. The molecule has 0 radical (unpaired) electrons. The average Bonchev–Trinajstić information content (AvgIpc) is 2.61. The summed E-state index contributed by atoms with van der Waals surface area (Å²) in [6.45, 7) is 2.23. The van der Waals surface area contributed by atoms with E-state index in [-0.39, 0.29) is 23.7 Å². The SMILES string of the molecule is CN(CCC#N)C(=O)CN1CCC(NC(=O)c2ccc(F)cc2)CC1. The van der Waals surface area contributed by atoms with E-state index < -0.39 is 0 Å². The molecule has 0 aromatic heterocycles. The summed E-state index contributed by atoms with van der Waals surface area (Å²) in [5.74, 6) is -0.566. The van der Waals surface area contributed by atoms with Crippen LogP contribution >= 0.6 is 0 Å². The first-order valence-electron chi connectivity index (χ1n) is 8.39. The molecule has 0 unspecified atom stereocenters. The van der Waals surface area contributed by atoms with Gasteiger partial charge < -0.3 is 10.2 Å². The Morgan fingerprint density at radius 1 is 1.32 bits per heavy atom. The lowest BCUT2D eigenvalue weighted by atomic mass is 10.0. The molecule has 0 saturated carbocycles. The van der Waals surface area contributed by atoms with Crippen LogP contribution in [-0.2, 0) is 4.79 Å². The maximum Gasteiger partial charge on any atom is 0.251 e. The lowest BCUT2D eigenvalue weighted by Crippen LogP contribution is -2.47.